The van der Waals surface area contributed by atoms with Crippen LogP contribution in [0, 0.1) is 5.92 Å². The lowest BCUT2D eigenvalue weighted by Crippen LogP contribution is -2.51. The van der Waals surface area contributed by atoms with Crippen LogP contribution in [-0.4, -0.2) is 52.8 Å². The number of nitrogens with zero attached hydrogens (tertiary/aromatic N) is 3. The van der Waals surface area contributed by atoms with E-state index in [0.29, 0.717) is 31.7 Å². The van der Waals surface area contributed by atoms with Crippen molar-refractivity contribution in [2.75, 3.05) is 26.2 Å². The minimum atomic E-state index is 0.0204. The van der Waals surface area contributed by atoms with Gasteiger partial charge in [-0.2, -0.15) is 0 Å². The molecule has 2 heterocycles. The molecule has 1 aromatic heterocycles. The summed E-state index contributed by atoms with van der Waals surface area (Å²) in [6.45, 7) is 2.47. The molecule has 0 saturated carbocycles. The molecule has 0 bridgehead atoms. The van der Waals surface area contributed by atoms with E-state index in [1.165, 1.54) is 0 Å². The zero-order valence-corrected chi connectivity index (χ0v) is 11.9. The van der Waals surface area contributed by atoms with E-state index in [9.17, 15) is 9.59 Å². The van der Waals surface area contributed by atoms with Crippen molar-refractivity contribution in [2.24, 2.45) is 5.92 Å². The average Bonchev–Trinajstić information content (AvgIpc) is 3.09. The molecule has 0 unspecified atom stereocenters. The Kier molecular flexibility index (Phi) is 3.99. The minimum Gasteiger partial charge on any atom is -0.339 e. The summed E-state index contributed by atoms with van der Waals surface area (Å²) >= 11 is 0. The van der Waals surface area contributed by atoms with Crippen LogP contribution in [0.15, 0.2) is 36.7 Å². The van der Waals surface area contributed by atoms with Crippen LogP contribution >= 0.6 is 0 Å². The van der Waals surface area contributed by atoms with Crippen LogP contribution in [0.5, 0.6) is 0 Å². The molecule has 1 aliphatic carbocycles. The molecule has 110 valence electrons. The number of amides is 2. The molecule has 1 fully saturated rings. The fraction of sp³-hybridized carbons (Fsp3) is 0.438. The maximum atomic E-state index is 12.3. The average molecular weight is 285 g/mol. The van der Waals surface area contributed by atoms with Crippen molar-refractivity contribution in [3.05, 3.63) is 42.2 Å². The standard InChI is InChI=1S/C16H19N3O2/c20-15(13-3-1-2-4-13)18-9-11-19(12-10-18)16(21)14-5-7-17-8-6-14/h1-2,5-8,13H,3-4,9-12H2. The van der Waals surface area contributed by atoms with Crippen LogP contribution in [-0.2, 0) is 4.79 Å². The second-order valence-electron chi connectivity index (χ2n) is 5.49. The van der Waals surface area contributed by atoms with Gasteiger partial charge in [0, 0.05) is 50.1 Å². The van der Waals surface area contributed by atoms with E-state index in [-0.39, 0.29) is 17.7 Å². The second-order valence-corrected chi connectivity index (χ2v) is 5.49. The molecule has 2 aliphatic rings. The topological polar surface area (TPSA) is 53.5 Å². The number of carbonyl (C=O) groups is 2. The molecule has 0 spiro atoms. The van der Waals surface area contributed by atoms with Gasteiger partial charge in [-0.3, -0.25) is 14.6 Å². The number of rotatable bonds is 2. The Balaban J connectivity index is 1.55. The maximum absolute atomic E-state index is 12.3. The van der Waals surface area contributed by atoms with Crippen LogP contribution in [0.1, 0.15) is 23.2 Å². The Hall–Kier alpha value is -2.17. The van der Waals surface area contributed by atoms with E-state index in [4.69, 9.17) is 0 Å². The third kappa shape index (κ3) is 2.96. The van der Waals surface area contributed by atoms with Crippen molar-refractivity contribution in [3.63, 3.8) is 0 Å². The molecule has 0 radical (unpaired) electrons. The smallest absolute Gasteiger partial charge is 0.254 e. The molecular weight excluding hydrogens is 266 g/mol. The summed E-state index contributed by atoms with van der Waals surface area (Å²) < 4.78 is 0. The Morgan fingerprint density at radius 3 is 2.14 bits per heavy atom. The fourth-order valence-corrected chi connectivity index (χ4v) is 2.88. The van der Waals surface area contributed by atoms with Crippen molar-refractivity contribution in [3.8, 4) is 0 Å². The number of hydrogen-bond donors (Lipinski definition) is 0. The lowest BCUT2D eigenvalue weighted by Gasteiger charge is -2.36. The van der Waals surface area contributed by atoms with Crippen molar-refractivity contribution < 1.29 is 9.59 Å². The quantitative estimate of drug-likeness (QED) is 0.770. The second kappa shape index (κ2) is 6.08. The first-order chi connectivity index (χ1) is 10.3. The van der Waals surface area contributed by atoms with Crippen LogP contribution < -0.4 is 0 Å². The Morgan fingerprint density at radius 2 is 1.52 bits per heavy atom. The largest absolute Gasteiger partial charge is 0.339 e. The Morgan fingerprint density at radius 1 is 0.952 bits per heavy atom. The third-order valence-corrected chi connectivity index (χ3v) is 4.16. The third-order valence-electron chi connectivity index (χ3n) is 4.16. The van der Waals surface area contributed by atoms with Crippen LogP contribution in [0.4, 0.5) is 0 Å². The van der Waals surface area contributed by atoms with Gasteiger partial charge in [-0.05, 0) is 25.0 Å². The van der Waals surface area contributed by atoms with Crippen molar-refractivity contribution >= 4 is 11.8 Å². The van der Waals surface area contributed by atoms with Gasteiger partial charge in [-0.25, -0.2) is 0 Å². The highest BCUT2D eigenvalue weighted by Gasteiger charge is 2.29. The zero-order chi connectivity index (χ0) is 14.7. The van der Waals surface area contributed by atoms with E-state index in [1.54, 1.807) is 24.5 Å². The molecule has 1 saturated heterocycles. The van der Waals surface area contributed by atoms with Gasteiger partial charge in [0.2, 0.25) is 5.91 Å². The number of allylic oxidation sites excluding steroid dienone is 2. The monoisotopic (exact) mass is 285 g/mol. The first-order valence-corrected chi connectivity index (χ1v) is 7.39. The van der Waals surface area contributed by atoms with Gasteiger partial charge in [0.25, 0.3) is 5.91 Å². The zero-order valence-electron chi connectivity index (χ0n) is 11.9. The van der Waals surface area contributed by atoms with Gasteiger partial charge in [0.1, 0.15) is 0 Å². The predicted octanol–water partition coefficient (Wildman–Crippen LogP) is 1.33. The van der Waals surface area contributed by atoms with Gasteiger partial charge >= 0.3 is 0 Å². The minimum absolute atomic E-state index is 0.0204. The van der Waals surface area contributed by atoms with Crippen LogP contribution in [0.2, 0.25) is 0 Å². The van der Waals surface area contributed by atoms with Gasteiger partial charge < -0.3 is 9.80 Å². The molecule has 3 rings (SSSR count). The van der Waals surface area contributed by atoms with Crippen molar-refractivity contribution in [1.82, 2.24) is 14.8 Å². The molecule has 0 N–H and O–H groups in total. The van der Waals surface area contributed by atoms with E-state index in [2.05, 4.69) is 17.1 Å². The summed E-state index contributed by atoms with van der Waals surface area (Å²) in [6.07, 6.45) is 9.11. The lowest BCUT2D eigenvalue weighted by atomic mass is 10.1. The number of pyridine rings is 1. The molecule has 5 nitrogen and oxygen atoms in total. The summed E-state index contributed by atoms with van der Waals surface area (Å²) in [5, 5.41) is 0. The number of hydrogen-bond acceptors (Lipinski definition) is 3. The van der Waals surface area contributed by atoms with Gasteiger partial charge in [-0.1, -0.05) is 12.2 Å². The number of aromatic nitrogens is 1. The lowest BCUT2D eigenvalue weighted by molar-refractivity contribution is -0.136. The van der Waals surface area contributed by atoms with Crippen molar-refractivity contribution in [2.45, 2.75) is 12.8 Å². The van der Waals surface area contributed by atoms with Gasteiger partial charge in [0.15, 0.2) is 0 Å². The summed E-state index contributed by atoms with van der Waals surface area (Å²) in [5.41, 5.74) is 0.657. The fourth-order valence-electron chi connectivity index (χ4n) is 2.88. The first kappa shape index (κ1) is 13.8. The maximum Gasteiger partial charge on any atom is 0.254 e. The summed E-state index contributed by atoms with van der Waals surface area (Å²) in [6, 6.07) is 3.45. The van der Waals surface area contributed by atoms with Gasteiger partial charge in [-0.15, -0.1) is 0 Å². The summed E-state index contributed by atoms with van der Waals surface area (Å²) in [4.78, 5) is 32.3. The first-order valence-electron chi connectivity index (χ1n) is 7.39. The highest BCUT2D eigenvalue weighted by atomic mass is 16.2. The molecule has 5 heteroatoms. The Bertz CT molecular complexity index is 540. The van der Waals surface area contributed by atoms with E-state index in [0.717, 1.165) is 12.8 Å². The predicted molar refractivity (Wildman–Crippen MR) is 78.6 cm³/mol. The van der Waals surface area contributed by atoms with Crippen molar-refractivity contribution in [1.29, 1.82) is 0 Å². The van der Waals surface area contributed by atoms with E-state index < -0.39 is 0 Å². The normalized spacial score (nSPS) is 19.0. The highest BCUT2D eigenvalue weighted by Crippen LogP contribution is 2.21. The molecule has 21 heavy (non-hydrogen) atoms. The van der Waals surface area contributed by atoms with Gasteiger partial charge in [0.05, 0.1) is 0 Å². The van der Waals surface area contributed by atoms with E-state index in [1.807, 2.05) is 9.80 Å². The van der Waals surface area contributed by atoms with E-state index >= 15 is 0 Å². The molecule has 2 amide bonds. The molecular formula is C16H19N3O2. The SMILES string of the molecule is O=C(c1ccncc1)N1CCN(C(=O)C2CC=CC2)CC1. The highest BCUT2D eigenvalue weighted by molar-refractivity contribution is 5.94. The number of piperazine rings is 1. The molecule has 1 aromatic rings. The molecule has 0 atom stereocenters. The summed E-state index contributed by atoms with van der Waals surface area (Å²) in [5.74, 6) is 0.371. The van der Waals surface area contributed by atoms with Crippen LogP contribution in [0.3, 0.4) is 0 Å². The van der Waals surface area contributed by atoms with Crippen LogP contribution in [0.25, 0.3) is 0 Å². The molecule has 1 aliphatic heterocycles. The Labute approximate surface area is 124 Å². The molecule has 0 aromatic carbocycles. The summed E-state index contributed by atoms with van der Waals surface area (Å²) in [7, 11) is 0. The number of carbonyl (C=O) groups excluding carboxylic acids is 2.